The summed E-state index contributed by atoms with van der Waals surface area (Å²) >= 11 is 10.3. The molecule has 20 heavy (non-hydrogen) atoms. The maximum absolute atomic E-state index is 11.6. The van der Waals surface area contributed by atoms with Crippen LogP contribution in [0.25, 0.3) is 11.1 Å². The Morgan fingerprint density at radius 1 is 1.10 bits per heavy atom. The topological polar surface area (TPSA) is 26.3 Å². The number of carbonyl (C=O) groups excluding carboxylic acids is 1. The Morgan fingerprint density at radius 2 is 1.60 bits per heavy atom. The molecule has 0 saturated heterocycles. The van der Waals surface area contributed by atoms with Crippen LogP contribution in [0, 0.1) is 0 Å². The van der Waals surface area contributed by atoms with Crippen molar-refractivity contribution in [3.63, 3.8) is 0 Å². The molecule has 0 bridgehead atoms. The Bertz CT molecular complexity index is 578. The van der Waals surface area contributed by atoms with Crippen molar-refractivity contribution in [1.82, 2.24) is 0 Å². The number of halogens is 1. The maximum atomic E-state index is 11.6. The van der Waals surface area contributed by atoms with E-state index in [1.165, 1.54) is 0 Å². The van der Waals surface area contributed by atoms with Crippen molar-refractivity contribution in [2.24, 2.45) is 0 Å². The number of hydrogen-bond donors (Lipinski definition) is 1. The van der Waals surface area contributed by atoms with Crippen molar-refractivity contribution >= 4 is 30.2 Å². The summed E-state index contributed by atoms with van der Waals surface area (Å²) in [6.45, 7) is 2.09. The van der Waals surface area contributed by atoms with Gasteiger partial charge < -0.3 is 4.74 Å². The summed E-state index contributed by atoms with van der Waals surface area (Å²) < 4.78 is 4.91. The van der Waals surface area contributed by atoms with Gasteiger partial charge in [-0.1, -0.05) is 36.4 Å². The van der Waals surface area contributed by atoms with Crippen molar-refractivity contribution in [2.75, 3.05) is 6.61 Å². The predicted octanol–water partition coefficient (Wildman–Crippen LogP) is 4.49. The van der Waals surface area contributed by atoms with E-state index < -0.39 is 11.3 Å². The Labute approximate surface area is 129 Å². The minimum absolute atomic E-state index is 0.330. The number of esters is 1. The van der Waals surface area contributed by atoms with Crippen LogP contribution in [0.3, 0.4) is 0 Å². The number of benzene rings is 2. The second-order valence-electron chi connectivity index (χ2n) is 4.28. The molecule has 104 valence electrons. The zero-order valence-corrected chi connectivity index (χ0v) is 12.7. The lowest BCUT2D eigenvalue weighted by atomic mass is 10.0. The van der Waals surface area contributed by atoms with E-state index in [2.05, 4.69) is 12.6 Å². The van der Waals surface area contributed by atoms with Crippen LogP contribution in [0.4, 0.5) is 0 Å². The molecule has 0 aliphatic rings. The Morgan fingerprint density at radius 3 is 2.10 bits per heavy atom. The number of thiol groups is 1. The monoisotopic (exact) mass is 306 g/mol. The highest BCUT2D eigenvalue weighted by Crippen LogP contribution is 2.26. The highest BCUT2D eigenvalue weighted by Gasteiger charge is 2.18. The number of rotatable bonds is 4. The summed E-state index contributed by atoms with van der Waals surface area (Å²) in [5, 5.41) is -0.760. The quantitative estimate of drug-likeness (QED) is 0.512. The van der Waals surface area contributed by atoms with E-state index in [1.807, 2.05) is 48.5 Å². The van der Waals surface area contributed by atoms with Crippen molar-refractivity contribution in [1.29, 1.82) is 0 Å². The zero-order chi connectivity index (χ0) is 14.5. The lowest BCUT2D eigenvalue weighted by molar-refractivity contribution is -0.142. The molecule has 4 heteroatoms. The molecule has 0 fully saturated rings. The maximum Gasteiger partial charge on any atom is 0.328 e. The SMILES string of the molecule is CCOC(=O)C(Cl)c1ccc(-c2ccc(S)cc2)cc1. The molecular weight excluding hydrogens is 292 g/mol. The highest BCUT2D eigenvalue weighted by atomic mass is 35.5. The Balaban J connectivity index is 2.17. The summed E-state index contributed by atoms with van der Waals surface area (Å²) in [4.78, 5) is 12.5. The summed E-state index contributed by atoms with van der Waals surface area (Å²) in [6, 6.07) is 15.5. The third-order valence-corrected chi connectivity index (χ3v) is 3.63. The van der Waals surface area contributed by atoms with Crippen molar-refractivity contribution in [3.05, 3.63) is 54.1 Å². The second kappa shape index (κ2) is 6.82. The van der Waals surface area contributed by atoms with E-state index in [-0.39, 0.29) is 0 Å². The largest absolute Gasteiger partial charge is 0.465 e. The van der Waals surface area contributed by atoms with Crippen LogP contribution in [-0.4, -0.2) is 12.6 Å². The molecule has 0 saturated carbocycles. The van der Waals surface area contributed by atoms with Crippen LogP contribution in [0.15, 0.2) is 53.4 Å². The molecule has 0 aliphatic heterocycles. The van der Waals surface area contributed by atoms with Gasteiger partial charge in [-0.25, -0.2) is 0 Å². The molecule has 1 unspecified atom stereocenters. The number of ether oxygens (including phenoxy) is 1. The van der Waals surface area contributed by atoms with Gasteiger partial charge in [0.1, 0.15) is 0 Å². The van der Waals surface area contributed by atoms with Crippen molar-refractivity contribution in [2.45, 2.75) is 17.2 Å². The zero-order valence-electron chi connectivity index (χ0n) is 11.0. The van der Waals surface area contributed by atoms with Crippen LogP contribution < -0.4 is 0 Å². The Kier molecular flexibility index (Phi) is 5.10. The fourth-order valence-electron chi connectivity index (χ4n) is 1.85. The van der Waals surface area contributed by atoms with Gasteiger partial charge >= 0.3 is 5.97 Å². The van der Waals surface area contributed by atoms with Gasteiger partial charge in [0.2, 0.25) is 0 Å². The van der Waals surface area contributed by atoms with E-state index in [0.29, 0.717) is 6.61 Å². The third-order valence-electron chi connectivity index (χ3n) is 2.90. The van der Waals surface area contributed by atoms with Gasteiger partial charge in [-0.05, 0) is 35.7 Å². The van der Waals surface area contributed by atoms with Crippen LogP contribution in [-0.2, 0) is 9.53 Å². The molecule has 0 aliphatic carbocycles. The molecule has 2 rings (SSSR count). The van der Waals surface area contributed by atoms with E-state index in [1.54, 1.807) is 6.92 Å². The van der Waals surface area contributed by atoms with E-state index in [0.717, 1.165) is 21.6 Å². The van der Waals surface area contributed by atoms with E-state index in [4.69, 9.17) is 16.3 Å². The average Bonchev–Trinajstić information content (AvgIpc) is 2.48. The fraction of sp³-hybridized carbons (Fsp3) is 0.188. The smallest absolute Gasteiger partial charge is 0.328 e. The first-order chi connectivity index (χ1) is 9.61. The molecule has 0 N–H and O–H groups in total. The fourth-order valence-corrected chi connectivity index (χ4v) is 2.21. The van der Waals surface area contributed by atoms with Gasteiger partial charge in [-0.15, -0.1) is 24.2 Å². The molecular formula is C16H15ClO2S. The molecule has 0 heterocycles. The predicted molar refractivity (Wildman–Crippen MR) is 84.4 cm³/mol. The standard InChI is InChI=1S/C16H15ClO2S/c1-2-19-16(18)15(17)13-5-3-11(4-6-13)12-7-9-14(20)10-8-12/h3-10,15,20H,2H2,1H3. The van der Waals surface area contributed by atoms with E-state index in [9.17, 15) is 4.79 Å². The third kappa shape index (κ3) is 3.56. The van der Waals surface area contributed by atoms with Crippen molar-refractivity contribution in [3.8, 4) is 11.1 Å². The lowest BCUT2D eigenvalue weighted by Gasteiger charge is -2.10. The van der Waals surface area contributed by atoms with Crippen molar-refractivity contribution < 1.29 is 9.53 Å². The van der Waals surface area contributed by atoms with Gasteiger partial charge in [0.25, 0.3) is 0 Å². The first-order valence-corrected chi connectivity index (χ1v) is 7.20. The highest BCUT2D eigenvalue weighted by molar-refractivity contribution is 7.80. The van der Waals surface area contributed by atoms with Gasteiger partial charge in [0.05, 0.1) is 6.61 Å². The number of alkyl halides is 1. The van der Waals surface area contributed by atoms with Crippen LogP contribution in [0.1, 0.15) is 17.9 Å². The van der Waals surface area contributed by atoms with Gasteiger partial charge in [-0.2, -0.15) is 0 Å². The normalized spacial score (nSPS) is 11.9. The van der Waals surface area contributed by atoms with Crippen LogP contribution >= 0.6 is 24.2 Å². The molecule has 0 radical (unpaired) electrons. The minimum atomic E-state index is -0.760. The first-order valence-electron chi connectivity index (χ1n) is 6.32. The summed E-state index contributed by atoms with van der Waals surface area (Å²) in [5.41, 5.74) is 2.89. The molecule has 0 amide bonds. The minimum Gasteiger partial charge on any atom is -0.465 e. The molecule has 2 aromatic carbocycles. The number of carbonyl (C=O) groups is 1. The van der Waals surface area contributed by atoms with Gasteiger partial charge in [0.15, 0.2) is 5.38 Å². The number of hydrogen-bond acceptors (Lipinski definition) is 3. The molecule has 2 nitrogen and oxygen atoms in total. The molecule has 1 atom stereocenters. The average molecular weight is 307 g/mol. The Hall–Kier alpha value is -1.45. The van der Waals surface area contributed by atoms with E-state index >= 15 is 0 Å². The summed E-state index contributed by atoms with van der Waals surface area (Å²) in [5.74, 6) is -0.415. The molecule has 0 aromatic heterocycles. The molecule has 0 spiro atoms. The van der Waals surface area contributed by atoms with Crippen LogP contribution in [0.2, 0.25) is 0 Å². The first kappa shape index (κ1) is 14.9. The second-order valence-corrected chi connectivity index (χ2v) is 5.24. The van der Waals surface area contributed by atoms with Gasteiger partial charge in [0, 0.05) is 4.90 Å². The molecule has 2 aromatic rings. The van der Waals surface area contributed by atoms with Crippen LogP contribution in [0.5, 0.6) is 0 Å². The lowest BCUT2D eigenvalue weighted by Crippen LogP contribution is -2.10. The summed E-state index contributed by atoms with van der Waals surface area (Å²) in [7, 11) is 0. The van der Waals surface area contributed by atoms with Gasteiger partial charge in [-0.3, -0.25) is 4.79 Å². The summed E-state index contributed by atoms with van der Waals surface area (Å²) in [6.07, 6.45) is 0.